The van der Waals surface area contributed by atoms with Crippen LogP contribution < -0.4 is 18.9 Å². The quantitative estimate of drug-likeness (QED) is 0.0638. The highest BCUT2D eigenvalue weighted by atomic mass is 16.7. The Morgan fingerprint density at radius 2 is 1.02 bits per heavy atom. The van der Waals surface area contributed by atoms with E-state index in [1.165, 1.54) is 51.3 Å². The molecule has 0 N–H and O–H groups in total. The van der Waals surface area contributed by atoms with Crippen LogP contribution in [-0.2, 0) is 46.3 Å². The molecule has 1 aliphatic carbocycles. The van der Waals surface area contributed by atoms with Crippen molar-refractivity contribution in [1.29, 1.82) is 0 Å². The molecule has 4 aliphatic rings. The average Bonchev–Trinajstić information content (AvgIpc) is 3.97. The van der Waals surface area contributed by atoms with E-state index in [-0.39, 0.29) is 31.4 Å². The third-order valence-corrected chi connectivity index (χ3v) is 11.9. The number of ether oxygens (including phenoxy) is 7. The van der Waals surface area contributed by atoms with Crippen molar-refractivity contribution in [2.24, 2.45) is 5.41 Å². The summed E-state index contributed by atoms with van der Waals surface area (Å²) in [5, 5.41) is 4.76. The molecule has 4 fully saturated rings. The number of benzene rings is 6. The molecule has 0 spiro atoms. The van der Waals surface area contributed by atoms with Crippen LogP contribution in [0.1, 0.15) is 60.1 Å². The zero-order valence-electron chi connectivity index (χ0n) is 32.9. The Hall–Kier alpha value is -5.08. The molecule has 0 amide bonds. The minimum atomic E-state index is -0.0172. The van der Waals surface area contributed by atoms with Gasteiger partial charge in [0, 0.05) is 19.3 Å². The standard InChI is InChI=1S/C50H50O7/c1-49(15-16-49)26-35-4-8-39-22-43(12-10-38(39)20-35)53-31-55-47-13-5-33(18-41(47)24-45-28-51-45)17-34-6-14-48(42(19-34)25-46-29-52-46)56-32-54-44-11-9-37-7-3-36(21-40(37)23-44)27-50(2)30-57-50/h3-14,18-23,45-46H,15-17,24-32H2,1-2H3. The van der Waals surface area contributed by atoms with Crippen LogP contribution in [0.15, 0.2) is 109 Å². The summed E-state index contributed by atoms with van der Waals surface area (Å²) in [5.74, 6) is 3.24. The van der Waals surface area contributed by atoms with Crippen molar-refractivity contribution in [2.75, 3.05) is 33.4 Å². The van der Waals surface area contributed by atoms with Crippen molar-refractivity contribution in [1.82, 2.24) is 0 Å². The summed E-state index contributed by atoms with van der Waals surface area (Å²) in [6.45, 7) is 7.19. The van der Waals surface area contributed by atoms with E-state index in [1.807, 2.05) is 12.1 Å². The smallest absolute Gasteiger partial charge is 0.230 e. The molecule has 3 atom stereocenters. The number of rotatable bonds is 18. The Morgan fingerprint density at radius 1 is 0.526 bits per heavy atom. The van der Waals surface area contributed by atoms with Crippen LogP contribution in [0.2, 0.25) is 0 Å². The first kappa shape index (κ1) is 36.3. The second-order valence-corrected chi connectivity index (χ2v) is 17.3. The van der Waals surface area contributed by atoms with Gasteiger partial charge in [-0.25, -0.2) is 0 Å². The van der Waals surface area contributed by atoms with Crippen molar-refractivity contribution < 1.29 is 33.2 Å². The van der Waals surface area contributed by atoms with Crippen molar-refractivity contribution in [3.8, 4) is 23.0 Å². The van der Waals surface area contributed by atoms with Gasteiger partial charge in [0.2, 0.25) is 13.6 Å². The molecule has 7 nitrogen and oxygen atoms in total. The summed E-state index contributed by atoms with van der Waals surface area (Å²) < 4.78 is 41.6. The highest BCUT2D eigenvalue weighted by Gasteiger charge is 2.39. The zero-order chi connectivity index (χ0) is 38.4. The van der Waals surface area contributed by atoms with Gasteiger partial charge in [-0.15, -0.1) is 0 Å². The number of hydrogen-bond donors (Lipinski definition) is 0. The summed E-state index contributed by atoms with van der Waals surface area (Å²) in [7, 11) is 0. The van der Waals surface area contributed by atoms with Gasteiger partial charge in [0.15, 0.2) is 0 Å². The molecule has 292 valence electrons. The van der Waals surface area contributed by atoms with Gasteiger partial charge >= 0.3 is 0 Å². The lowest BCUT2D eigenvalue weighted by Crippen LogP contribution is -2.09. The van der Waals surface area contributed by atoms with Crippen LogP contribution in [0.5, 0.6) is 23.0 Å². The molecule has 1 saturated carbocycles. The van der Waals surface area contributed by atoms with Gasteiger partial charge in [-0.3, -0.25) is 0 Å². The molecule has 0 radical (unpaired) electrons. The van der Waals surface area contributed by atoms with Crippen molar-refractivity contribution in [3.05, 3.63) is 143 Å². The highest BCUT2D eigenvalue weighted by molar-refractivity contribution is 5.85. The molecule has 3 heterocycles. The van der Waals surface area contributed by atoms with Gasteiger partial charge in [0.25, 0.3) is 0 Å². The monoisotopic (exact) mass is 762 g/mol. The van der Waals surface area contributed by atoms with Gasteiger partial charge in [0.1, 0.15) is 23.0 Å². The fourth-order valence-corrected chi connectivity index (χ4v) is 7.99. The van der Waals surface area contributed by atoms with Crippen molar-refractivity contribution >= 4 is 21.5 Å². The van der Waals surface area contributed by atoms with E-state index in [0.717, 1.165) is 91.4 Å². The lowest BCUT2D eigenvalue weighted by atomic mass is 9.96. The fraction of sp³-hybridized carbons (Fsp3) is 0.360. The van der Waals surface area contributed by atoms with Crippen LogP contribution in [0, 0.1) is 5.41 Å². The lowest BCUT2D eigenvalue weighted by molar-refractivity contribution is 0.118. The predicted octanol–water partition coefficient (Wildman–Crippen LogP) is 9.97. The molecule has 3 saturated heterocycles. The summed E-state index contributed by atoms with van der Waals surface area (Å²) in [6, 6.07) is 38.8. The summed E-state index contributed by atoms with van der Waals surface area (Å²) in [6.07, 6.45) is 7.60. The molecule has 10 rings (SSSR count). The second-order valence-electron chi connectivity index (χ2n) is 17.3. The number of epoxide rings is 3. The number of fused-ring (bicyclic) bond motifs is 2. The van der Waals surface area contributed by atoms with Crippen LogP contribution in [0.4, 0.5) is 0 Å². The minimum Gasteiger partial charge on any atom is -0.457 e. The Morgan fingerprint density at radius 3 is 1.60 bits per heavy atom. The SMILES string of the molecule is CC1(Cc2ccc3cc(OCOc4ccc(Cc5ccc(OCOc6ccc7ccc(CC8(C)CO8)cc7c6)c(CC6CO6)c5)cc4CC4CO4)ccc3c2)CC1. The fourth-order valence-electron chi connectivity index (χ4n) is 7.99. The van der Waals surface area contributed by atoms with E-state index in [4.69, 9.17) is 33.2 Å². The highest BCUT2D eigenvalue weighted by Crippen LogP contribution is 2.48. The van der Waals surface area contributed by atoms with Gasteiger partial charge in [-0.1, -0.05) is 79.7 Å². The molecule has 0 aromatic heterocycles. The molecular formula is C50H50O7. The minimum absolute atomic E-state index is 0.0172. The van der Waals surface area contributed by atoms with Crippen LogP contribution in [0.25, 0.3) is 21.5 Å². The molecule has 6 aromatic carbocycles. The molecular weight excluding hydrogens is 713 g/mol. The maximum Gasteiger partial charge on any atom is 0.230 e. The zero-order valence-corrected chi connectivity index (χ0v) is 32.9. The van der Waals surface area contributed by atoms with E-state index in [1.54, 1.807) is 0 Å². The Kier molecular flexibility index (Phi) is 9.56. The average molecular weight is 763 g/mol. The third kappa shape index (κ3) is 9.23. The van der Waals surface area contributed by atoms with E-state index in [0.29, 0.717) is 5.41 Å². The molecule has 3 aliphatic heterocycles. The van der Waals surface area contributed by atoms with E-state index in [9.17, 15) is 0 Å². The van der Waals surface area contributed by atoms with Crippen LogP contribution >= 0.6 is 0 Å². The molecule has 3 unspecified atom stereocenters. The van der Waals surface area contributed by atoms with Crippen molar-refractivity contribution in [2.45, 2.75) is 76.6 Å². The Balaban J connectivity index is 0.774. The maximum absolute atomic E-state index is 6.25. The second kappa shape index (κ2) is 15.0. The Labute approximate surface area is 334 Å². The topological polar surface area (TPSA) is 74.5 Å². The maximum atomic E-state index is 6.25. The van der Waals surface area contributed by atoms with Crippen LogP contribution in [-0.4, -0.2) is 51.2 Å². The molecule has 0 bridgehead atoms. The largest absolute Gasteiger partial charge is 0.457 e. The Bertz CT molecular complexity index is 2420. The number of hydrogen-bond acceptors (Lipinski definition) is 7. The van der Waals surface area contributed by atoms with Crippen molar-refractivity contribution in [3.63, 3.8) is 0 Å². The van der Waals surface area contributed by atoms with E-state index < -0.39 is 0 Å². The summed E-state index contributed by atoms with van der Waals surface area (Å²) >= 11 is 0. The van der Waals surface area contributed by atoms with Crippen LogP contribution in [0.3, 0.4) is 0 Å². The normalized spacial score (nSPS) is 21.3. The molecule has 7 heteroatoms. The summed E-state index contributed by atoms with van der Waals surface area (Å²) in [4.78, 5) is 0. The first-order valence-corrected chi connectivity index (χ1v) is 20.5. The van der Waals surface area contributed by atoms with Gasteiger partial charge in [0.05, 0.1) is 37.6 Å². The van der Waals surface area contributed by atoms with Gasteiger partial charge in [-0.2, -0.15) is 0 Å². The molecule has 57 heavy (non-hydrogen) atoms. The lowest BCUT2D eigenvalue weighted by Gasteiger charge is -2.16. The summed E-state index contributed by atoms with van der Waals surface area (Å²) in [5.41, 5.74) is 7.86. The van der Waals surface area contributed by atoms with Gasteiger partial charge < -0.3 is 33.2 Å². The van der Waals surface area contributed by atoms with E-state index >= 15 is 0 Å². The molecule has 6 aromatic rings. The third-order valence-electron chi connectivity index (χ3n) is 11.9. The van der Waals surface area contributed by atoms with E-state index in [2.05, 4.69) is 111 Å². The predicted molar refractivity (Wildman–Crippen MR) is 222 cm³/mol. The van der Waals surface area contributed by atoms with Gasteiger partial charge in [-0.05, 0) is 129 Å². The first-order chi connectivity index (χ1) is 27.8. The first-order valence-electron chi connectivity index (χ1n) is 20.5.